The van der Waals surface area contributed by atoms with Crippen molar-refractivity contribution in [3.05, 3.63) is 83.1 Å². The summed E-state index contributed by atoms with van der Waals surface area (Å²) in [6, 6.07) is 19.1. The molecule has 200 valence electrons. The molecule has 2 amide bonds. The number of rotatable bonds is 5. The quantitative estimate of drug-likeness (QED) is 0.473. The van der Waals surface area contributed by atoms with Crippen LogP contribution in [0.15, 0.2) is 66.4 Å². The number of carbonyl (C=O) groups excluding carboxylic acids is 2. The summed E-state index contributed by atoms with van der Waals surface area (Å²) < 4.78 is 0. The molecule has 6 rings (SSSR count). The summed E-state index contributed by atoms with van der Waals surface area (Å²) in [6.45, 7) is 6.90. The number of hydrogen-bond acceptors (Lipinski definition) is 2. The normalized spacial score (nSPS) is 34.7. The van der Waals surface area contributed by atoms with Crippen LogP contribution < -0.4 is 10.6 Å². The second-order valence-electron chi connectivity index (χ2n) is 13.0. The predicted octanol–water partition coefficient (Wildman–Crippen LogP) is 6.66. The third kappa shape index (κ3) is 4.30. The molecule has 4 nitrogen and oxygen atoms in total. The van der Waals surface area contributed by atoms with Crippen LogP contribution in [0, 0.1) is 41.4 Å². The Morgan fingerprint density at radius 1 is 1.00 bits per heavy atom. The molecule has 2 aromatic rings. The Hall–Kier alpha value is -2.88. The number of aryl methyl sites for hydroxylation is 1. The first-order chi connectivity index (χ1) is 18.3. The molecule has 7 atom stereocenters. The van der Waals surface area contributed by atoms with Gasteiger partial charge in [-0.25, -0.2) is 0 Å². The lowest BCUT2D eigenvalue weighted by Gasteiger charge is -2.57. The van der Waals surface area contributed by atoms with Gasteiger partial charge in [-0.2, -0.15) is 0 Å². The molecular formula is C34H42N2O2. The standard InChI is InChI=1S/C34H42N2O2/c1-22-9-11-23(12-10-22)21-29(24-7-5-4-6-8-24)35-32(38)28-15-14-26-25-13-16-30-34(3,20-18-31(37)36-30)27(25)17-19-33(26,28)2/h4-12,16,25-29H,13-15,17-21H2,1-3H3,(H,35,38)(H,36,37)/t25-,26-,27-,28+,29-,33-,34+/m0/s1. The van der Waals surface area contributed by atoms with E-state index in [1.807, 2.05) is 6.07 Å². The lowest BCUT2D eigenvalue weighted by molar-refractivity contribution is -0.133. The van der Waals surface area contributed by atoms with Crippen molar-refractivity contribution in [2.24, 2.45) is 34.5 Å². The molecule has 3 aliphatic carbocycles. The maximum atomic E-state index is 14.1. The van der Waals surface area contributed by atoms with E-state index in [1.54, 1.807) is 0 Å². The highest BCUT2D eigenvalue weighted by molar-refractivity contribution is 5.81. The smallest absolute Gasteiger partial charge is 0.224 e. The lowest BCUT2D eigenvalue weighted by Crippen LogP contribution is -2.54. The Kier molecular flexibility index (Phi) is 6.48. The van der Waals surface area contributed by atoms with Crippen molar-refractivity contribution in [1.82, 2.24) is 10.6 Å². The zero-order chi connectivity index (χ0) is 26.5. The van der Waals surface area contributed by atoms with Crippen LogP contribution in [-0.4, -0.2) is 11.8 Å². The molecule has 1 aliphatic heterocycles. The topological polar surface area (TPSA) is 58.2 Å². The molecule has 1 saturated heterocycles. The molecule has 4 heteroatoms. The zero-order valence-corrected chi connectivity index (χ0v) is 23.1. The fourth-order valence-electron chi connectivity index (χ4n) is 8.79. The molecule has 38 heavy (non-hydrogen) atoms. The summed E-state index contributed by atoms with van der Waals surface area (Å²) in [4.78, 5) is 26.1. The van der Waals surface area contributed by atoms with Gasteiger partial charge in [0.1, 0.15) is 0 Å². The Labute approximate surface area is 227 Å². The maximum absolute atomic E-state index is 14.1. The van der Waals surface area contributed by atoms with Crippen LogP contribution in [0.5, 0.6) is 0 Å². The highest BCUT2D eigenvalue weighted by Crippen LogP contribution is 2.65. The van der Waals surface area contributed by atoms with E-state index in [4.69, 9.17) is 0 Å². The average Bonchev–Trinajstić information content (AvgIpc) is 3.28. The van der Waals surface area contributed by atoms with Crippen LogP contribution in [-0.2, 0) is 16.0 Å². The van der Waals surface area contributed by atoms with E-state index in [0.717, 1.165) is 44.9 Å². The molecule has 2 N–H and O–H groups in total. The molecule has 0 radical (unpaired) electrons. The van der Waals surface area contributed by atoms with E-state index >= 15 is 0 Å². The van der Waals surface area contributed by atoms with E-state index in [-0.39, 0.29) is 34.6 Å². The molecule has 0 spiro atoms. The van der Waals surface area contributed by atoms with Crippen molar-refractivity contribution in [3.63, 3.8) is 0 Å². The molecule has 0 unspecified atom stereocenters. The molecule has 2 aromatic carbocycles. The van der Waals surface area contributed by atoms with Crippen LogP contribution in [0.3, 0.4) is 0 Å². The van der Waals surface area contributed by atoms with E-state index < -0.39 is 0 Å². The molecule has 0 aromatic heterocycles. The number of nitrogens with one attached hydrogen (secondary N) is 2. The molecule has 0 bridgehead atoms. The molecule has 1 heterocycles. The Balaban J connectivity index is 1.22. The van der Waals surface area contributed by atoms with Crippen LogP contribution >= 0.6 is 0 Å². The van der Waals surface area contributed by atoms with Crippen molar-refractivity contribution < 1.29 is 9.59 Å². The third-order valence-corrected chi connectivity index (χ3v) is 11.0. The van der Waals surface area contributed by atoms with Crippen LogP contribution in [0.1, 0.15) is 81.5 Å². The van der Waals surface area contributed by atoms with E-state index in [0.29, 0.717) is 24.2 Å². The Morgan fingerprint density at radius 2 is 1.76 bits per heavy atom. The minimum absolute atomic E-state index is 0.0321. The Bertz CT molecular complexity index is 1230. The van der Waals surface area contributed by atoms with Gasteiger partial charge in [-0.1, -0.05) is 80.1 Å². The summed E-state index contributed by atoms with van der Waals surface area (Å²) in [6.07, 6.45) is 10.1. The first kappa shape index (κ1) is 25.4. The monoisotopic (exact) mass is 510 g/mol. The Morgan fingerprint density at radius 3 is 2.53 bits per heavy atom. The summed E-state index contributed by atoms with van der Waals surface area (Å²) in [5, 5.41) is 6.73. The number of benzene rings is 2. The largest absolute Gasteiger partial charge is 0.349 e. The van der Waals surface area contributed by atoms with Gasteiger partial charge in [-0.3, -0.25) is 9.59 Å². The van der Waals surface area contributed by atoms with Gasteiger partial charge in [0.2, 0.25) is 11.8 Å². The fraction of sp³-hybridized carbons (Fsp3) is 0.529. The van der Waals surface area contributed by atoms with E-state index in [1.165, 1.54) is 22.4 Å². The predicted molar refractivity (Wildman–Crippen MR) is 151 cm³/mol. The van der Waals surface area contributed by atoms with Gasteiger partial charge in [0.05, 0.1) is 6.04 Å². The van der Waals surface area contributed by atoms with Crippen molar-refractivity contribution >= 4 is 11.8 Å². The fourth-order valence-corrected chi connectivity index (χ4v) is 8.79. The van der Waals surface area contributed by atoms with Gasteiger partial charge in [0, 0.05) is 23.5 Å². The molecular weight excluding hydrogens is 468 g/mol. The number of hydrogen-bond donors (Lipinski definition) is 2. The van der Waals surface area contributed by atoms with Gasteiger partial charge in [-0.15, -0.1) is 0 Å². The van der Waals surface area contributed by atoms with Gasteiger partial charge < -0.3 is 10.6 Å². The van der Waals surface area contributed by atoms with E-state index in [9.17, 15) is 9.59 Å². The number of piperidine rings is 1. The van der Waals surface area contributed by atoms with Crippen LogP contribution in [0.25, 0.3) is 0 Å². The molecule has 4 aliphatic rings. The summed E-state index contributed by atoms with van der Waals surface area (Å²) in [5.41, 5.74) is 4.96. The highest BCUT2D eigenvalue weighted by Gasteiger charge is 2.60. The SMILES string of the molecule is Cc1ccc(C[C@H](NC(=O)[C@H]2CC[C@H]3[C@@H]4CC=C5NC(=O)CC[C@]5(C)[C@H]4CC[C@]23C)c2ccccc2)cc1. The molecule has 3 fully saturated rings. The van der Waals surface area contributed by atoms with Crippen molar-refractivity contribution in [3.8, 4) is 0 Å². The summed E-state index contributed by atoms with van der Waals surface area (Å²) in [5.74, 6) is 2.23. The summed E-state index contributed by atoms with van der Waals surface area (Å²) >= 11 is 0. The number of amides is 2. The number of carbonyl (C=O) groups is 2. The first-order valence-electron chi connectivity index (χ1n) is 14.7. The van der Waals surface area contributed by atoms with Crippen LogP contribution in [0.4, 0.5) is 0 Å². The van der Waals surface area contributed by atoms with Crippen LogP contribution in [0.2, 0.25) is 0 Å². The second-order valence-corrected chi connectivity index (χ2v) is 13.0. The number of allylic oxidation sites excluding steroid dienone is 2. The number of fused-ring (bicyclic) bond motifs is 5. The second kappa shape index (κ2) is 9.70. The van der Waals surface area contributed by atoms with E-state index in [2.05, 4.69) is 86.0 Å². The summed E-state index contributed by atoms with van der Waals surface area (Å²) in [7, 11) is 0. The third-order valence-electron chi connectivity index (χ3n) is 11.0. The zero-order valence-electron chi connectivity index (χ0n) is 23.1. The minimum Gasteiger partial charge on any atom is -0.349 e. The van der Waals surface area contributed by atoms with Gasteiger partial charge in [0.25, 0.3) is 0 Å². The first-order valence-corrected chi connectivity index (χ1v) is 14.7. The lowest BCUT2D eigenvalue weighted by atomic mass is 9.49. The minimum atomic E-state index is -0.0321. The average molecular weight is 511 g/mol. The van der Waals surface area contributed by atoms with Gasteiger partial charge in [-0.05, 0) is 86.2 Å². The highest BCUT2D eigenvalue weighted by atomic mass is 16.2. The maximum Gasteiger partial charge on any atom is 0.224 e. The van der Waals surface area contributed by atoms with Crippen molar-refractivity contribution in [1.29, 1.82) is 0 Å². The van der Waals surface area contributed by atoms with Crippen molar-refractivity contribution in [2.75, 3.05) is 0 Å². The van der Waals surface area contributed by atoms with Crippen molar-refractivity contribution in [2.45, 2.75) is 78.2 Å². The van der Waals surface area contributed by atoms with Gasteiger partial charge in [0.15, 0.2) is 0 Å². The van der Waals surface area contributed by atoms with Gasteiger partial charge >= 0.3 is 0 Å². The molecule has 2 saturated carbocycles.